The van der Waals surface area contributed by atoms with Gasteiger partial charge in [0.2, 0.25) is 5.91 Å². The van der Waals surface area contributed by atoms with Crippen LogP contribution < -0.4 is 5.32 Å². The van der Waals surface area contributed by atoms with E-state index in [0.29, 0.717) is 5.56 Å². The first-order valence-corrected chi connectivity index (χ1v) is 6.23. The average Bonchev–Trinajstić information content (AvgIpc) is 3.23. The first-order chi connectivity index (χ1) is 9.10. The number of ether oxygens (including phenoxy) is 1. The monoisotopic (exact) mass is 265 g/mol. The second-order valence-electron chi connectivity index (χ2n) is 4.67. The van der Waals surface area contributed by atoms with Crippen LogP contribution in [0.5, 0.6) is 0 Å². The normalized spacial score (nSPS) is 15.7. The molecule has 2 rings (SSSR count). The molecule has 5 heteroatoms. The van der Waals surface area contributed by atoms with Crippen LogP contribution in [0.25, 0.3) is 0 Å². The van der Waals surface area contributed by atoms with Gasteiger partial charge in [-0.3, -0.25) is 9.59 Å². The summed E-state index contributed by atoms with van der Waals surface area (Å²) in [7, 11) is 1.30. The zero-order valence-electron chi connectivity index (χ0n) is 10.7. The van der Waals surface area contributed by atoms with E-state index in [-0.39, 0.29) is 24.1 Å². The van der Waals surface area contributed by atoms with Crippen LogP contribution in [0.2, 0.25) is 0 Å². The van der Waals surface area contributed by atoms with Crippen molar-refractivity contribution in [3.63, 3.8) is 0 Å². The molecule has 0 bridgehead atoms. The number of halogens is 1. The summed E-state index contributed by atoms with van der Waals surface area (Å²) in [5.41, 5.74) is 0.695. The predicted octanol–water partition coefficient (Wildman–Crippen LogP) is 1.96. The smallest absolute Gasteiger partial charge is 0.307 e. The van der Waals surface area contributed by atoms with Crippen molar-refractivity contribution in [1.82, 2.24) is 5.32 Å². The fourth-order valence-corrected chi connectivity index (χ4v) is 1.83. The molecule has 1 aliphatic rings. The van der Waals surface area contributed by atoms with Gasteiger partial charge in [0, 0.05) is 5.92 Å². The number of hydrogen-bond acceptors (Lipinski definition) is 3. The first-order valence-electron chi connectivity index (χ1n) is 6.23. The number of amides is 1. The number of carbonyl (C=O) groups is 2. The van der Waals surface area contributed by atoms with Gasteiger partial charge in [-0.1, -0.05) is 12.1 Å². The van der Waals surface area contributed by atoms with E-state index in [1.54, 1.807) is 12.1 Å². The summed E-state index contributed by atoms with van der Waals surface area (Å²) in [5.74, 6) is -0.765. The molecule has 1 N–H and O–H groups in total. The van der Waals surface area contributed by atoms with Crippen molar-refractivity contribution in [3.05, 3.63) is 35.6 Å². The molecule has 1 unspecified atom stereocenters. The molecule has 0 spiro atoms. The fourth-order valence-electron chi connectivity index (χ4n) is 1.83. The number of esters is 1. The fraction of sp³-hybridized carbons (Fsp3) is 0.429. The molecule has 1 aromatic carbocycles. The summed E-state index contributed by atoms with van der Waals surface area (Å²) in [4.78, 5) is 23.2. The van der Waals surface area contributed by atoms with Crippen LogP contribution in [0.15, 0.2) is 24.3 Å². The highest BCUT2D eigenvalue weighted by molar-refractivity contribution is 5.82. The van der Waals surface area contributed by atoms with Crippen LogP contribution in [0.1, 0.15) is 30.9 Å². The summed E-state index contributed by atoms with van der Waals surface area (Å²) < 4.78 is 17.5. The van der Waals surface area contributed by atoms with Crippen molar-refractivity contribution in [2.45, 2.75) is 25.3 Å². The van der Waals surface area contributed by atoms with Gasteiger partial charge in [-0.2, -0.15) is 0 Å². The molecule has 1 fully saturated rings. The van der Waals surface area contributed by atoms with Gasteiger partial charge >= 0.3 is 5.97 Å². The molecule has 1 aromatic rings. The third-order valence-electron chi connectivity index (χ3n) is 3.14. The molecule has 102 valence electrons. The topological polar surface area (TPSA) is 55.4 Å². The number of carbonyl (C=O) groups excluding carboxylic acids is 2. The molecule has 1 atom stereocenters. The Morgan fingerprint density at radius 3 is 2.53 bits per heavy atom. The predicted molar refractivity (Wildman–Crippen MR) is 66.6 cm³/mol. The third kappa shape index (κ3) is 3.77. The van der Waals surface area contributed by atoms with E-state index in [1.807, 2.05) is 0 Å². The van der Waals surface area contributed by atoms with Crippen molar-refractivity contribution < 1.29 is 18.7 Å². The minimum atomic E-state index is -0.471. The van der Waals surface area contributed by atoms with Crippen LogP contribution in [0.4, 0.5) is 4.39 Å². The highest BCUT2D eigenvalue weighted by atomic mass is 19.1. The van der Waals surface area contributed by atoms with E-state index in [9.17, 15) is 14.0 Å². The maximum atomic E-state index is 12.9. The minimum absolute atomic E-state index is 0.0423. The van der Waals surface area contributed by atoms with E-state index in [2.05, 4.69) is 10.1 Å². The molecular weight excluding hydrogens is 249 g/mol. The van der Waals surface area contributed by atoms with Crippen molar-refractivity contribution in [2.75, 3.05) is 7.11 Å². The summed E-state index contributed by atoms with van der Waals surface area (Å²) >= 11 is 0. The van der Waals surface area contributed by atoms with E-state index in [4.69, 9.17) is 0 Å². The molecule has 1 aliphatic carbocycles. The number of benzene rings is 1. The lowest BCUT2D eigenvalue weighted by atomic mass is 10.0. The summed E-state index contributed by atoms with van der Waals surface area (Å²) in [6.07, 6.45) is 1.82. The third-order valence-corrected chi connectivity index (χ3v) is 3.14. The Balaban J connectivity index is 2.09. The number of hydrogen-bond donors (Lipinski definition) is 1. The van der Waals surface area contributed by atoms with Crippen LogP contribution >= 0.6 is 0 Å². The number of nitrogens with one attached hydrogen (secondary N) is 1. The molecule has 19 heavy (non-hydrogen) atoms. The van der Waals surface area contributed by atoms with E-state index in [0.717, 1.165) is 12.8 Å². The second-order valence-corrected chi connectivity index (χ2v) is 4.67. The molecule has 0 radical (unpaired) electrons. The highest BCUT2D eigenvalue weighted by Crippen LogP contribution is 2.30. The van der Waals surface area contributed by atoms with Gasteiger partial charge in [0.1, 0.15) is 5.82 Å². The highest BCUT2D eigenvalue weighted by Gasteiger charge is 2.31. The molecule has 0 heterocycles. The Labute approximate surface area is 110 Å². The molecule has 0 aliphatic heterocycles. The van der Waals surface area contributed by atoms with Gasteiger partial charge in [-0.25, -0.2) is 4.39 Å². The van der Waals surface area contributed by atoms with Crippen molar-refractivity contribution >= 4 is 11.9 Å². The summed E-state index contributed by atoms with van der Waals surface area (Å²) in [6.45, 7) is 0. The first kappa shape index (κ1) is 13.5. The van der Waals surface area contributed by atoms with Gasteiger partial charge in [0.15, 0.2) is 0 Å². The largest absolute Gasteiger partial charge is 0.469 e. The van der Waals surface area contributed by atoms with E-state index in [1.165, 1.54) is 19.2 Å². The average molecular weight is 265 g/mol. The maximum Gasteiger partial charge on any atom is 0.307 e. The van der Waals surface area contributed by atoms with E-state index >= 15 is 0 Å². The molecule has 1 amide bonds. The minimum Gasteiger partial charge on any atom is -0.469 e. The Hall–Kier alpha value is -1.91. The quantitative estimate of drug-likeness (QED) is 0.828. The zero-order valence-corrected chi connectivity index (χ0v) is 10.7. The number of methoxy groups -OCH3 is 1. The Kier molecular flexibility index (Phi) is 4.14. The Bertz CT molecular complexity index is 468. The zero-order chi connectivity index (χ0) is 13.8. The summed E-state index contributed by atoms with van der Waals surface area (Å²) in [5, 5.41) is 2.82. The molecule has 0 saturated heterocycles. The van der Waals surface area contributed by atoms with Gasteiger partial charge in [0.05, 0.1) is 19.6 Å². The van der Waals surface area contributed by atoms with Crippen LogP contribution in [-0.4, -0.2) is 19.0 Å². The van der Waals surface area contributed by atoms with Gasteiger partial charge in [-0.15, -0.1) is 0 Å². The van der Waals surface area contributed by atoms with Crippen LogP contribution in [0, 0.1) is 11.7 Å². The lowest BCUT2D eigenvalue weighted by Gasteiger charge is -2.18. The van der Waals surface area contributed by atoms with Crippen molar-refractivity contribution in [3.8, 4) is 0 Å². The standard InChI is InChI=1S/C14H16FNO3/c1-19-13(17)8-12(16-14(18)10-2-3-10)9-4-6-11(15)7-5-9/h4-7,10,12H,2-3,8H2,1H3,(H,16,18). The van der Waals surface area contributed by atoms with Crippen LogP contribution in [-0.2, 0) is 14.3 Å². The van der Waals surface area contributed by atoms with E-state index < -0.39 is 12.0 Å². The van der Waals surface area contributed by atoms with Crippen LogP contribution in [0.3, 0.4) is 0 Å². The maximum absolute atomic E-state index is 12.9. The molecule has 0 aromatic heterocycles. The van der Waals surface area contributed by atoms with Crippen molar-refractivity contribution in [1.29, 1.82) is 0 Å². The number of rotatable bonds is 5. The molecular formula is C14H16FNO3. The Morgan fingerprint density at radius 1 is 1.37 bits per heavy atom. The molecule has 1 saturated carbocycles. The van der Waals surface area contributed by atoms with Gasteiger partial charge < -0.3 is 10.1 Å². The van der Waals surface area contributed by atoms with Crippen molar-refractivity contribution in [2.24, 2.45) is 5.92 Å². The van der Waals surface area contributed by atoms with Gasteiger partial charge in [0.25, 0.3) is 0 Å². The summed E-state index contributed by atoms with van der Waals surface area (Å²) in [6, 6.07) is 5.28. The SMILES string of the molecule is COC(=O)CC(NC(=O)C1CC1)c1ccc(F)cc1. The Morgan fingerprint density at radius 2 is 2.00 bits per heavy atom. The van der Waals surface area contributed by atoms with Gasteiger partial charge in [-0.05, 0) is 30.5 Å². The molecule has 4 nitrogen and oxygen atoms in total. The lowest BCUT2D eigenvalue weighted by molar-refractivity contribution is -0.141. The lowest BCUT2D eigenvalue weighted by Crippen LogP contribution is -2.31. The second kappa shape index (κ2) is 5.82.